The number of nitrogens with zero attached hydrogens (tertiary/aromatic N) is 2. The quantitative estimate of drug-likeness (QED) is 0.834. The Morgan fingerprint density at radius 1 is 1.23 bits per heavy atom. The number of amides is 1. The lowest BCUT2D eigenvalue weighted by molar-refractivity contribution is 0.0943. The summed E-state index contributed by atoms with van der Waals surface area (Å²) in [6.07, 6.45) is 0.791. The number of aryl methyl sites for hydroxylation is 3. The molecule has 0 bridgehead atoms. The molecule has 1 N–H and O–H groups in total. The van der Waals surface area contributed by atoms with Crippen molar-refractivity contribution in [2.45, 2.75) is 27.2 Å². The Morgan fingerprint density at radius 2 is 2.00 bits per heavy atom. The van der Waals surface area contributed by atoms with E-state index >= 15 is 0 Å². The van der Waals surface area contributed by atoms with E-state index in [1.807, 2.05) is 13.0 Å². The van der Waals surface area contributed by atoms with E-state index in [4.69, 9.17) is 4.74 Å². The average molecular weight is 301 g/mol. The Balaban J connectivity index is 2.13. The second-order valence-corrected chi connectivity index (χ2v) is 5.45. The number of hydrogen-bond acceptors (Lipinski definition) is 3. The molecule has 0 aliphatic carbocycles. The van der Waals surface area contributed by atoms with Gasteiger partial charge >= 0.3 is 0 Å². The second kappa shape index (κ2) is 7.22. The van der Waals surface area contributed by atoms with Gasteiger partial charge in [0, 0.05) is 26.0 Å². The second-order valence-electron chi connectivity index (χ2n) is 5.45. The minimum absolute atomic E-state index is 0.151. The van der Waals surface area contributed by atoms with Crippen molar-refractivity contribution in [2.24, 2.45) is 0 Å². The van der Waals surface area contributed by atoms with Crippen LogP contribution >= 0.6 is 0 Å². The number of aromatic nitrogens is 2. The topological polar surface area (TPSA) is 56.1 Å². The van der Waals surface area contributed by atoms with Gasteiger partial charge in [-0.05, 0) is 56.5 Å². The fourth-order valence-corrected chi connectivity index (χ4v) is 2.21. The van der Waals surface area contributed by atoms with Crippen LogP contribution < -0.4 is 5.32 Å². The predicted molar refractivity (Wildman–Crippen MR) is 86.6 cm³/mol. The number of nitrogens with one attached hydrogen (secondary N) is 1. The lowest BCUT2D eigenvalue weighted by Crippen LogP contribution is -2.25. The zero-order valence-electron chi connectivity index (χ0n) is 13.6. The maximum Gasteiger partial charge on any atom is 0.271 e. The molecular formula is C17H23N3O2. The van der Waals surface area contributed by atoms with Crippen LogP contribution in [0.15, 0.2) is 24.3 Å². The molecule has 0 fully saturated rings. The van der Waals surface area contributed by atoms with Crippen molar-refractivity contribution in [1.29, 1.82) is 0 Å². The molecule has 0 aliphatic rings. The number of benzene rings is 1. The fraction of sp³-hybridized carbons (Fsp3) is 0.412. The summed E-state index contributed by atoms with van der Waals surface area (Å²) in [7, 11) is 1.65. The van der Waals surface area contributed by atoms with E-state index in [0.29, 0.717) is 18.8 Å². The zero-order chi connectivity index (χ0) is 16.1. The fourth-order valence-electron chi connectivity index (χ4n) is 2.21. The van der Waals surface area contributed by atoms with Gasteiger partial charge in [-0.1, -0.05) is 6.07 Å². The SMILES string of the molecule is COCCCNC(=O)c1cc(C)n(-c2ccc(C)c(C)c2)n1. The van der Waals surface area contributed by atoms with E-state index < -0.39 is 0 Å². The van der Waals surface area contributed by atoms with Crippen LogP contribution in [-0.2, 0) is 4.74 Å². The molecule has 2 rings (SSSR count). The van der Waals surface area contributed by atoms with Gasteiger partial charge in [-0.3, -0.25) is 4.79 Å². The van der Waals surface area contributed by atoms with Gasteiger partial charge < -0.3 is 10.1 Å². The van der Waals surface area contributed by atoms with E-state index in [1.165, 1.54) is 11.1 Å². The maximum atomic E-state index is 12.1. The van der Waals surface area contributed by atoms with Crippen LogP contribution in [0.25, 0.3) is 5.69 Å². The van der Waals surface area contributed by atoms with E-state index in [2.05, 4.69) is 36.4 Å². The summed E-state index contributed by atoms with van der Waals surface area (Å²) in [4.78, 5) is 12.1. The van der Waals surface area contributed by atoms with Gasteiger partial charge in [0.15, 0.2) is 5.69 Å². The molecule has 0 saturated carbocycles. The van der Waals surface area contributed by atoms with Crippen LogP contribution in [0.2, 0.25) is 0 Å². The monoisotopic (exact) mass is 301 g/mol. The lowest BCUT2D eigenvalue weighted by atomic mass is 10.1. The number of carbonyl (C=O) groups is 1. The first-order valence-electron chi connectivity index (χ1n) is 7.44. The molecule has 1 heterocycles. The van der Waals surface area contributed by atoms with Gasteiger partial charge in [-0.15, -0.1) is 0 Å². The third-order valence-electron chi connectivity index (χ3n) is 3.67. The first kappa shape index (κ1) is 16.2. The lowest BCUT2D eigenvalue weighted by Gasteiger charge is -2.07. The van der Waals surface area contributed by atoms with Crippen molar-refractivity contribution in [3.8, 4) is 5.69 Å². The van der Waals surface area contributed by atoms with Crippen LogP contribution in [0.5, 0.6) is 0 Å². The molecule has 2 aromatic rings. The number of carbonyl (C=O) groups excluding carboxylic acids is 1. The zero-order valence-corrected chi connectivity index (χ0v) is 13.6. The van der Waals surface area contributed by atoms with Crippen molar-refractivity contribution in [2.75, 3.05) is 20.3 Å². The largest absolute Gasteiger partial charge is 0.385 e. The first-order valence-corrected chi connectivity index (χ1v) is 7.44. The van der Waals surface area contributed by atoms with Crippen LogP contribution in [-0.4, -0.2) is 35.9 Å². The molecule has 5 heteroatoms. The minimum Gasteiger partial charge on any atom is -0.385 e. The van der Waals surface area contributed by atoms with Gasteiger partial charge in [-0.25, -0.2) is 4.68 Å². The summed E-state index contributed by atoms with van der Waals surface area (Å²) < 4.78 is 6.76. The summed E-state index contributed by atoms with van der Waals surface area (Å²) in [5.74, 6) is -0.151. The smallest absolute Gasteiger partial charge is 0.271 e. The summed E-state index contributed by atoms with van der Waals surface area (Å²) in [6, 6.07) is 7.97. The van der Waals surface area contributed by atoms with E-state index in [-0.39, 0.29) is 5.91 Å². The Bertz CT molecular complexity index is 662. The van der Waals surface area contributed by atoms with E-state index in [0.717, 1.165) is 17.8 Å². The number of methoxy groups -OCH3 is 1. The molecule has 1 aromatic carbocycles. The molecule has 0 radical (unpaired) electrons. The average Bonchev–Trinajstić information content (AvgIpc) is 2.88. The van der Waals surface area contributed by atoms with Crippen LogP contribution in [0.3, 0.4) is 0 Å². The Labute approximate surface area is 131 Å². The van der Waals surface area contributed by atoms with Gasteiger partial charge in [0.05, 0.1) is 5.69 Å². The summed E-state index contributed by atoms with van der Waals surface area (Å²) >= 11 is 0. The minimum atomic E-state index is -0.151. The van der Waals surface area contributed by atoms with Crippen molar-refractivity contribution < 1.29 is 9.53 Å². The third kappa shape index (κ3) is 3.74. The predicted octanol–water partition coefficient (Wildman–Crippen LogP) is 2.56. The molecule has 1 aromatic heterocycles. The maximum absolute atomic E-state index is 12.1. The molecule has 0 aliphatic heterocycles. The van der Waals surface area contributed by atoms with E-state index in [9.17, 15) is 4.79 Å². The number of ether oxygens (including phenoxy) is 1. The molecule has 22 heavy (non-hydrogen) atoms. The third-order valence-corrected chi connectivity index (χ3v) is 3.67. The molecule has 0 saturated heterocycles. The first-order chi connectivity index (χ1) is 10.5. The molecule has 5 nitrogen and oxygen atoms in total. The van der Waals surface area contributed by atoms with Gasteiger partial charge in [0.2, 0.25) is 0 Å². The summed E-state index contributed by atoms with van der Waals surface area (Å²) in [6.45, 7) is 7.32. The molecular weight excluding hydrogens is 278 g/mol. The number of rotatable bonds is 6. The summed E-state index contributed by atoms with van der Waals surface area (Å²) in [5.41, 5.74) is 4.79. The molecule has 118 valence electrons. The van der Waals surface area contributed by atoms with Crippen LogP contribution in [0, 0.1) is 20.8 Å². The molecule has 0 spiro atoms. The highest BCUT2D eigenvalue weighted by atomic mass is 16.5. The van der Waals surface area contributed by atoms with Gasteiger partial charge in [0.25, 0.3) is 5.91 Å². The Morgan fingerprint density at radius 3 is 2.68 bits per heavy atom. The normalized spacial score (nSPS) is 10.7. The van der Waals surface area contributed by atoms with Crippen molar-refractivity contribution in [1.82, 2.24) is 15.1 Å². The van der Waals surface area contributed by atoms with Crippen molar-refractivity contribution in [3.05, 3.63) is 46.8 Å². The number of hydrogen-bond donors (Lipinski definition) is 1. The highest BCUT2D eigenvalue weighted by molar-refractivity contribution is 5.92. The van der Waals surface area contributed by atoms with Crippen LogP contribution in [0.1, 0.15) is 33.7 Å². The standard InChI is InChI=1S/C17H23N3O2/c1-12-6-7-15(10-13(12)2)20-14(3)11-16(19-20)17(21)18-8-5-9-22-4/h6-7,10-11H,5,8-9H2,1-4H3,(H,18,21). The summed E-state index contributed by atoms with van der Waals surface area (Å²) in [5, 5.41) is 7.27. The molecule has 0 atom stereocenters. The molecule has 0 unspecified atom stereocenters. The highest BCUT2D eigenvalue weighted by Crippen LogP contribution is 2.16. The van der Waals surface area contributed by atoms with Crippen molar-refractivity contribution >= 4 is 5.91 Å². The van der Waals surface area contributed by atoms with Gasteiger partial charge in [-0.2, -0.15) is 5.10 Å². The van der Waals surface area contributed by atoms with Crippen molar-refractivity contribution in [3.63, 3.8) is 0 Å². The Hall–Kier alpha value is -2.14. The Kier molecular flexibility index (Phi) is 5.33. The van der Waals surface area contributed by atoms with Gasteiger partial charge in [0.1, 0.15) is 0 Å². The highest BCUT2D eigenvalue weighted by Gasteiger charge is 2.13. The molecule has 1 amide bonds. The van der Waals surface area contributed by atoms with E-state index in [1.54, 1.807) is 17.9 Å². The van der Waals surface area contributed by atoms with Crippen LogP contribution in [0.4, 0.5) is 0 Å².